The quantitative estimate of drug-likeness (QED) is 0.795. The first-order valence-electron chi connectivity index (χ1n) is 4.87. The van der Waals surface area contributed by atoms with Crippen molar-refractivity contribution in [3.8, 4) is 5.75 Å². The molecule has 0 amide bonds. The molecule has 1 N–H and O–H groups in total. The zero-order valence-corrected chi connectivity index (χ0v) is 8.32. The van der Waals surface area contributed by atoms with Crippen molar-refractivity contribution in [3.05, 3.63) is 24.3 Å². The minimum atomic E-state index is 0.422. The second-order valence-corrected chi connectivity index (χ2v) is 3.41. The van der Waals surface area contributed by atoms with Crippen LogP contribution in [0.5, 0.6) is 5.75 Å². The molecule has 0 radical (unpaired) electrons. The van der Waals surface area contributed by atoms with E-state index in [-0.39, 0.29) is 0 Å². The SMILES string of the molecule is COc1ccccc1NC1CCOC1. The van der Waals surface area contributed by atoms with Crippen LogP contribution >= 0.6 is 0 Å². The van der Waals surface area contributed by atoms with Crippen molar-refractivity contribution >= 4 is 5.69 Å². The summed E-state index contributed by atoms with van der Waals surface area (Å²) >= 11 is 0. The van der Waals surface area contributed by atoms with Gasteiger partial charge in [0.1, 0.15) is 5.75 Å². The van der Waals surface area contributed by atoms with Crippen LogP contribution < -0.4 is 10.1 Å². The number of hydrogen-bond donors (Lipinski definition) is 1. The molecule has 0 saturated carbocycles. The van der Waals surface area contributed by atoms with Gasteiger partial charge < -0.3 is 14.8 Å². The Morgan fingerprint density at radius 2 is 2.29 bits per heavy atom. The van der Waals surface area contributed by atoms with E-state index in [1.807, 2.05) is 24.3 Å². The van der Waals surface area contributed by atoms with E-state index in [0.717, 1.165) is 31.1 Å². The molecular weight excluding hydrogens is 178 g/mol. The maximum atomic E-state index is 5.30. The number of ether oxygens (including phenoxy) is 2. The molecule has 3 heteroatoms. The van der Waals surface area contributed by atoms with Crippen molar-refractivity contribution in [3.63, 3.8) is 0 Å². The van der Waals surface area contributed by atoms with Gasteiger partial charge in [-0.25, -0.2) is 0 Å². The molecule has 0 bridgehead atoms. The summed E-state index contributed by atoms with van der Waals surface area (Å²) in [6.07, 6.45) is 1.07. The maximum Gasteiger partial charge on any atom is 0.141 e. The van der Waals surface area contributed by atoms with E-state index in [4.69, 9.17) is 9.47 Å². The van der Waals surface area contributed by atoms with Gasteiger partial charge >= 0.3 is 0 Å². The molecule has 1 fully saturated rings. The standard InChI is InChI=1S/C11H15NO2/c1-13-11-5-3-2-4-10(11)12-9-6-7-14-8-9/h2-5,9,12H,6-8H2,1H3. The summed E-state index contributed by atoms with van der Waals surface area (Å²) in [6, 6.07) is 8.37. The predicted molar refractivity (Wildman–Crippen MR) is 55.8 cm³/mol. The molecule has 1 unspecified atom stereocenters. The van der Waals surface area contributed by atoms with E-state index in [0.29, 0.717) is 6.04 Å². The Kier molecular flexibility index (Phi) is 2.89. The fourth-order valence-corrected chi connectivity index (χ4v) is 1.63. The van der Waals surface area contributed by atoms with Crippen molar-refractivity contribution in [2.45, 2.75) is 12.5 Å². The molecular formula is C11H15NO2. The normalized spacial score (nSPS) is 20.8. The van der Waals surface area contributed by atoms with E-state index in [2.05, 4.69) is 5.32 Å². The molecule has 1 aliphatic rings. The van der Waals surface area contributed by atoms with Crippen LogP contribution in [0.15, 0.2) is 24.3 Å². The Morgan fingerprint density at radius 3 is 3.00 bits per heavy atom. The van der Waals surface area contributed by atoms with E-state index in [1.165, 1.54) is 0 Å². The van der Waals surface area contributed by atoms with Crippen molar-refractivity contribution < 1.29 is 9.47 Å². The molecule has 1 heterocycles. The summed E-state index contributed by atoms with van der Waals surface area (Å²) in [5, 5.41) is 3.41. The fraction of sp³-hybridized carbons (Fsp3) is 0.455. The summed E-state index contributed by atoms with van der Waals surface area (Å²) in [7, 11) is 1.69. The number of rotatable bonds is 3. The number of nitrogens with one attached hydrogen (secondary N) is 1. The average Bonchev–Trinajstić information content (AvgIpc) is 2.71. The van der Waals surface area contributed by atoms with Gasteiger partial charge in [0.05, 0.1) is 25.4 Å². The van der Waals surface area contributed by atoms with Gasteiger partial charge in [0.15, 0.2) is 0 Å². The molecule has 14 heavy (non-hydrogen) atoms. The summed E-state index contributed by atoms with van der Waals surface area (Å²) in [5.41, 5.74) is 1.05. The molecule has 1 aromatic carbocycles. The van der Waals surface area contributed by atoms with E-state index in [9.17, 15) is 0 Å². The van der Waals surface area contributed by atoms with Crippen LogP contribution in [-0.2, 0) is 4.74 Å². The Balaban J connectivity index is 2.07. The first-order valence-corrected chi connectivity index (χ1v) is 4.87. The van der Waals surface area contributed by atoms with Gasteiger partial charge in [0, 0.05) is 6.61 Å². The van der Waals surface area contributed by atoms with Crippen LogP contribution in [0.3, 0.4) is 0 Å². The fourth-order valence-electron chi connectivity index (χ4n) is 1.63. The van der Waals surface area contributed by atoms with Crippen molar-refractivity contribution in [1.29, 1.82) is 0 Å². The van der Waals surface area contributed by atoms with Crippen LogP contribution in [0.25, 0.3) is 0 Å². The third-order valence-corrected chi connectivity index (χ3v) is 2.40. The number of anilines is 1. The minimum absolute atomic E-state index is 0.422. The van der Waals surface area contributed by atoms with Gasteiger partial charge in [0.25, 0.3) is 0 Å². The largest absolute Gasteiger partial charge is 0.495 e. The van der Waals surface area contributed by atoms with Crippen LogP contribution in [-0.4, -0.2) is 26.4 Å². The molecule has 0 aromatic heterocycles. The number of methoxy groups -OCH3 is 1. The van der Waals surface area contributed by atoms with Crippen LogP contribution in [0, 0.1) is 0 Å². The molecule has 0 spiro atoms. The van der Waals surface area contributed by atoms with E-state index in [1.54, 1.807) is 7.11 Å². The van der Waals surface area contributed by atoms with Crippen LogP contribution in [0.4, 0.5) is 5.69 Å². The smallest absolute Gasteiger partial charge is 0.141 e. The Morgan fingerprint density at radius 1 is 1.43 bits per heavy atom. The number of para-hydroxylation sites is 2. The summed E-state index contributed by atoms with van der Waals surface area (Å²) < 4.78 is 10.6. The highest BCUT2D eigenvalue weighted by molar-refractivity contribution is 5.56. The highest BCUT2D eigenvalue weighted by Crippen LogP contribution is 2.25. The molecule has 1 atom stereocenters. The highest BCUT2D eigenvalue weighted by Gasteiger charge is 2.16. The van der Waals surface area contributed by atoms with Gasteiger partial charge in [-0.2, -0.15) is 0 Å². The lowest BCUT2D eigenvalue weighted by Crippen LogP contribution is -2.19. The second-order valence-electron chi connectivity index (χ2n) is 3.41. The zero-order valence-electron chi connectivity index (χ0n) is 8.32. The lowest BCUT2D eigenvalue weighted by atomic mass is 10.2. The Hall–Kier alpha value is -1.22. The maximum absolute atomic E-state index is 5.30. The van der Waals surface area contributed by atoms with Gasteiger partial charge in [-0.15, -0.1) is 0 Å². The third-order valence-electron chi connectivity index (χ3n) is 2.40. The molecule has 1 aliphatic heterocycles. The lowest BCUT2D eigenvalue weighted by molar-refractivity contribution is 0.195. The second kappa shape index (κ2) is 4.33. The van der Waals surface area contributed by atoms with Crippen molar-refractivity contribution in [2.75, 3.05) is 25.6 Å². The Bertz CT molecular complexity index is 295. The summed E-state index contributed by atoms with van der Waals surface area (Å²) in [6.45, 7) is 1.64. The van der Waals surface area contributed by atoms with Gasteiger partial charge in [-0.05, 0) is 18.6 Å². The van der Waals surface area contributed by atoms with Crippen LogP contribution in [0.2, 0.25) is 0 Å². The van der Waals surface area contributed by atoms with Gasteiger partial charge in [0.2, 0.25) is 0 Å². The molecule has 1 aromatic rings. The van der Waals surface area contributed by atoms with Crippen LogP contribution in [0.1, 0.15) is 6.42 Å². The van der Waals surface area contributed by atoms with Crippen molar-refractivity contribution in [2.24, 2.45) is 0 Å². The Labute approximate surface area is 84.0 Å². The monoisotopic (exact) mass is 193 g/mol. The first-order chi connectivity index (χ1) is 6.90. The first kappa shape index (κ1) is 9.34. The van der Waals surface area contributed by atoms with E-state index < -0.39 is 0 Å². The number of benzene rings is 1. The minimum Gasteiger partial charge on any atom is -0.495 e. The molecule has 0 aliphatic carbocycles. The van der Waals surface area contributed by atoms with Gasteiger partial charge in [-0.3, -0.25) is 0 Å². The summed E-state index contributed by atoms with van der Waals surface area (Å²) in [5.74, 6) is 0.888. The highest BCUT2D eigenvalue weighted by atomic mass is 16.5. The predicted octanol–water partition coefficient (Wildman–Crippen LogP) is 1.90. The molecule has 76 valence electrons. The third kappa shape index (κ3) is 1.99. The van der Waals surface area contributed by atoms with E-state index >= 15 is 0 Å². The molecule has 3 nitrogen and oxygen atoms in total. The van der Waals surface area contributed by atoms with Gasteiger partial charge in [-0.1, -0.05) is 12.1 Å². The average molecular weight is 193 g/mol. The number of hydrogen-bond acceptors (Lipinski definition) is 3. The summed E-state index contributed by atoms with van der Waals surface area (Å²) in [4.78, 5) is 0. The molecule has 2 rings (SSSR count). The molecule has 1 saturated heterocycles. The zero-order chi connectivity index (χ0) is 9.80. The lowest BCUT2D eigenvalue weighted by Gasteiger charge is -2.14. The van der Waals surface area contributed by atoms with Crippen molar-refractivity contribution in [1.82, 2.24) is 0 Å². The topological polar surface area (TPSA) is 30.5 Å².